The Morgan fingerprint density at radius 3 is 2.68 bits per heavy atom. The van der Waals surface area contributed by atoms with Gasteiger partial charge in [0.1, 0.15) is 0 Å². The second-order valence-corrected chi connectivity index (χ2v) is 10.3. The van der Waals surface area contributed by atoms with Gasteiger partial charge >= 0.3 is 0 Å². The molecule has 0 saturated heterocycles. The molecule has 2 nitrogen and oxygen atoms in total. The van der Waals surface area contributed by atoms with E-state index in [9.17, 15) is 4.79 Å². The summed E-state index contributed by atoms with van der Waals surface area (Å²) in [6, 6.07) is 11.0. The first-order valence-corrected chi connectivity index (χ1v) is 13.3. The van der Waals surface area contributed by atoms with Crippen LogP contribution in [0.25, 0.3) is 0 Å². The van der Waals surface area contributed by atoms with E-state index in [4.69, 9.17) is 5.73 Å². The minimum Gasteiger partial charge on any atom is -0.330 e. The van der Waals surface area contributed by atoms with Crippen LogP contribution in [0.4, 0.5) is 0 Å². The third kappa shape index (κ3) is 4.88. The number of carbonyl (C=O) groups is 1. The predicted octanol–water partition coefficient (Wildman–Crippen LogP) is 5.71. The van der Waals surface area contributed by atoms with Crippen molar-refractivity contribution in [3.05, 3.63) is 47.0 Å². The maximum Gasteiger partial charge on any atom is 0.215 e. The van der Waals surface area contributed by atoms with Crippen LogP contribution in [-0.4, -0.2) is 29.9 Å². The second-order valence-electron chi connectivity index (χ2n) is 8.54. The molecule has 1 aromatic rings. The minimum absolute atomic E-state index is 0.291. The highest BCUT2D eigenvalue weighted by Gasteiger charge is 2.47. The first-order valence-electron chi connectivity index (χ1n) is 10.7. The molecule has 2 aliphatic rings. The van der Waals surface area contributed by atoms with Crippen LogP contribution in [0.3, 0.4) is 0 Å². The number of fused-ring (bicyclic) bond motifs is 1. The van der Waals surface area contributed by atoms with Crippen molar-refractivity contribution in [3.8, 4) is 0 Å². The zero-order valence-corrected chi connectivity index (χ0v) is 19.0. The Bertz CT molecular complexity index is 687. The summed E-state index contributed by atoms with van der Waals surface area (Å²) in [6.07, 6.45) is 13.4. The van der Waals surface area contributed by atoms with Crippen LogP contribution in [0.5, 0.6) is 0 Å². The fourth-order valence-electron chi connectivity index (χ4n) is 5.68. The van der Waals surface area contributed by atoms with Crippen LogP contribution >= 0.6 is 23.5 Å². The number of allylic oxidation sites excluding steroid dienone is 1. The summed E-state index contributed by atoms with van der Waals surface area (Å²) in [5.74, 6) is 2.25. The topological polar surface area (TPSA) is 43.1 Å². The Kier molecular flexibility index (Phi) is 8.13. The van der Waals surface area contributed by atoms with E-state index in [0.717, 1.165) is 37.1 Å². The number of hydrogen-bond acceptors (Lipinski definition) is 4. The lowest BCUT2D eigenvalue weighted by atomic mass is 9.53. The lowest BCUT2D eigenvalue weighted by molar-refractivity contribution is -0.108. The van der Waals surface area contributed by atoms with Crippen molar-refractivity contribution in [3.63, 3.8) is 0 Å². The molecule has 1 aromatic carbocycles. The van der Waals surface area contributed by atoms with Crippen molar-refractivity contribution in [1.29, 1.82) is 0 Å². The van der Waals surface area contributed by atoms with Gasteiger partial charge < -0.3 is 5.73 Å². The summed E-state index contributed by atoms with van der Waals surface area (Å²) < 4.78 is 0. The fraction of sp³-hybridized carbons (Fsp3) is 0.625. The summed E-state index contributed by atoms with van der Waals surface area (Å²) in [5, 5.41) is 0.291. The fourth-order valence-corrected chi connectivity index (χ4v) is 6.58. The number of thioether (sulfide) groups is 2. The summed E-state index contributed by atoms with van der Waals surface area (Å²) in [4.78, 5) is 12.7. The van der Waals surface area contributed by atoms with Gasteiger partial charge in [-0.3, -0.25) is 4.79 Å². The minimum atomic E-state index is 0.291. The molecule has 2 aliphatic carbocycles. The van der Waals surface area contributed by atoms with Crippen molar-refractivity contribution >= 4 is 28.6 Å². The van der Waals surface area contributed by atoms with Crippen LogP contribution in [0, 0.1) is 17.3 Å². The first kappa shape index (κ1) is 22.0. The second kappa shape index (κ2) is 10.4. The average Bonchev–Trinajstić information content (AvgIpc) is 2.74. The third-order valence-electron chi connectivity index (χ3n) is 7.11. The molecule has 0 heterocycles. The van der Waals surface area contributed by atoms with Gasteiger partial charge in [0, 0.05) is 5.57 Å². The molecule has 0 amide bonds. The van der Waals surface area contributed by atoms with E-state index in [-0.39, 0.29) is 0 Å². The van der Waals surface area contributed by atoms with Gasteiger partial charge in [0.2, 0.25) is 5.12 Å². The molecule has 28 heavy (non-hydrogen) atoms. The normalized spacial score (nSPS) is 29.2. The zero-order chi connectivity index (χ0) is 20.0. The van der Waals surface area contributed by atoms with Crippen LogP contribution in [0.15, 0.2) is 41.5 Å². The smallest absolute Gasteiger partial charge is 0.215 e. The van der Waals surface area contributed by atoms with Crippen LogP contribution in [0.2, 0.25) is 0 Å². The number of benzene rings is 1. The van der Waals surface area contributed by atoms with E-state index in [1.54, 1.807) is 0 Å². The van der Waals surface area contributed by atoms with Gasteiger partial charge in [-0.05, 0) is 92.6 Å². The lowest BCUT2D eigenvalue weighted by Crippen LogP contribution is -2.46. The molecule has 0 aromatic heterocycles. The van der Waals surface area contributed by atoms with Crippen LogP contribution < -0.4 is 5.73 Å². The van der Waals surface area contributed by atoms with E-state index < -0.39 is 0 Å². The largest absolute Gasteiger partial charge is 0.330 e. The molecule has 0 aliphatic heterocycles. The van der Waals surface area contributed by atoms with E-state index in [1.807, 2.05) is 18.0 Å². The summed E-state index contributed by atoms with van der Waals surface area (Å²) in [7, 11) is 0. The van der Waals surface area contributed by atoms with Gasteiger partial charge in [-0.15, -0.1) is 0 Å². The average molecular weight is 418 g/mol. The Labute approximate surface area is 179 Å². The Morgan fingerprint density at radius 2 is 2.00 bits per heavy atom. The summed E-state index contributed by atoms with van der Waals surface area (Å²) in [6.45, 7) is 0.783. The van der Waals surface area contributed by atoms with Crippen molar-refractivity contribution in [2.45, 2.75) is 51.4 Å². The Balaban J connectivity index is 1.91. The third-order valence-corrected chi connectivity index (χ3v) is 8.34. The van der Waals surface area contributed by atoms with Gasteiger partial charge in [0.05, 0.1) is 0 Å². The van der Waals surface area contributed by atoms with Crippen molar-refractivity contribution in [2.24, 2.45) is 23.0 Å². The highest BCUT2D eigenvalue weighted by molar-refractivity contribution is 8.13. The van der Waals surface area contributed by atoms with E-state index >= 15 is 0 Å². The van der Waals surface area contributed by atoms with Gasteiger partial charge in [-0.1, -0.05) is 54.1 Å². The SMILES string of the molecule is CSCC/C(C(=O)SC)=C1/CC[C@@]2(Cc3ccccc3)CCC[C@H](CN)[C@@H]2C1. The quantitative estimate of drug-likeness (QED) is 0.577. The lowest BCUT2D eigenvalue weighted by Gasteiger charge is -2.52. The van der Waals surface area contributed by atoms with Gasteiger partial charge in [-0.2, -0.15) is 11.8 Å². The Morgan fingerprint density at radius 1 is 1.21 bits per heavy atom. The van der Waals surface area contributed by atoms with Crippen molar-refractivity contribution < 1.29 is 4.79 Å². The molecule has 0 bridgehead atoms. The highest BCUT2D eigenvalue weighted by Crippen LogP contribution is 2.56. The van der Waals surface area contributed by atoms with E-state index in [2.05, 4.69) is 36.6 Å². The van der Waals surface area contributed by atoms with E-state index in [0.29, 0.717) is 22.4 Å². The number of rotatable bonds is 7. The number of carbonyl (C=O) groups excluding carboxylic acids is 1. The van der Waals surface area contributed by atoms with Crippen molar-refractivity contribution in [1.82, 2.24) is 0 Å². The number of nitrogens with two attached hydrogens (primary N) is 1. The maximum absolute atomic E-state index is 12.7. The molecular weight excluding hydrogens is 382 g/mol. The molecule has 2 fully saturated rings. The molecule has 3 rings (SSSR count). The molecule has 3 atom stereocenters. The van der Waals surface area contributed by atoms with E-state index in [1.165, 1.54) is 55.0 Å². The monoisotopic (exact) mass is 417 g/mol. The van der Waals surface area contributed by atoms with Crippen molar-refractivity contribution in [2.75, 3.05) is 24.8 Å². The summed E-state index contributed by atoms with van der Waals surface area (Å²) in [5.41, 5.74) is 10.6. The van der Waals surface area contributed by atoms with Gasteiger partial charge in [-0.25, -0.2) is 0 Å². The first-order chi connectivity index (χ1) is 13.6. The standard InChI is InChI=1S/C24H35NOS2/c1-27-14-11-21(23(26)28-2)19-10-13-24(16-18-7-4-3-5-8-18)12-6-9-20(17-25)22(24)15-19/h3-5,7-8,20,22H,6,9-17,25H2,1-2H3/b21-19+/t20-,22+,24-/m1/s1. The summed E-state index contributed by atoms with van der Waals surface area (Å²) >= 11 is 3.22. The zero-order valence-electron chi connectivity index (χ0n) is 17.4. The molecule has 0 spiro atoms. The molecule has 2 saturated carbocycles. The molecule has 154 valence electrons. The molecule has 0 radical (unpaired) electrons. The molecule has 0 unspecified atom stereocenters. The predicted molar refractivity (Wildman–Crippen MR) is 125 cm³/mol. The molecule has 2 N–H and O–H groups in total. The van der Waals surface area contributed by atoms with Crippen LogP contribution in [0.1, 0.15) is 50.5 Å². The van der Waals surface area contributed by atoms with Gasteiger partial charge in [0.25, 0.3) is 0 Å². The Hall–Kier alpha value is -0.710. The highest BCUT2D eigenvalue weighted by atomic mass is 32.2. The van der Waals surface area contributed by atoms with Gasteiger partial charge in [0.15, 0.2) is 0 Å². The number of hydrogen-bond donors (Lipinski definition) is 1. The maximum atomic E-state index is 12.7. The molecule has 4 heteroatoms. The molecular formula is C24H35NOS2. The van der Waals surface area contributed by atoms with Crippen LogP contribution in [-0.2, 0) is 11.2 Å².